The molecule has 3 aromatic rings. The summed E-state index contributed by atoms with van der Waals surface area (Å²) >= 11 is 0. The smallest absolute Gasteiger partial charge is 0.277 e. The van der Waals surface area contributed by atoms with Gasteiger partial charge in [-0.15, -0.1) is 0 Å². The quantitative estimate of drug-likeness (QED) is 0.732. The lowest BCUT2D eigenvalue weighted by Gasteiger charge is -2.20. The molecule has 1 aliphatic heterocycles. The first-order valence-corrected chi connectivity index (χ1v) is 8.97. The van der Waals surface area contributed by atoms with Crippen LogP contribution in [0.4, 0.5) is 11.4 Å². The third kappa shape index (κ3) is 3.46. The Labute approximate surface area is 161 Å². The Balaban J connectivity index is 1.55. The van der Waals surface area contributed by atoms with Gasteiger partial charge in [-0.05, 0) is 24.6 Å². The molecule has 0 unspecified atom stereocenters. The molecule has 0 bridgehead atoms. The van der Waals surface area contributed by atoms with E-state index in [9.17, 15) is 9.59 Å². The van der Waals surface area contributed by atoms with Crippen LogP contribution in [0.25, 0.3) is 11.3 Å². The number of aromatic nitrogens is 1. The van der Waals surface area contributed by atoms with E-state index in [1.165, 1.54) is 0 Å². The lowest BCUT2D eigenvalue weighted by atomic mass is 10.1. The van der Waals surface area contributed by atoms with E-state index >= 15 is 0 Å². The second-order valence-corrected chi connectivity index (χ2v) is 6.43. The first kappa shape index (κ1) is 17.8. The molecular weight excluding hydrogens is 358 g/mol. The molecule has 1 N–H and O–H groups in total. The lowest BCUT2D eigenvalue weighted by molar-refractivity contribution is -0.117. The van der Waals surface area contributed by atoms with Crippen molar-refractivity contribution >= 4 is 23.2 Å². The fourth-order valence-electron chi connectivity index (χ4n) is 3.20. The van der Waals surface area contributed by atoms with Crippen molar-refractivity contribution in [3.63, 3.8) is 0 Å². The van der Waals surface area contributed by atoms with Gasteiger partial charge in [0.2, 0.25) is 5.91 Å². The van der Waals surface area contributed by atoms with E-state index in [2.05, 4.69) is 10.5 Å². The molecular formula is C21H19N3O4. The highest BCUT2D eigenvalue weighted by Gasteiger charge is 2.25. The molecule has 2 heterocycles. The monoisotopic (exact) mass is 377 g/mol. The largest absolute Gasteiger partial charge is 0.495 e. The minimum Gasteiger partial charge on any atom is -0.495 e. The number of ether oxygens (including phenoxy) is 1. The number of carbonyl (C=O) groups is 2. The summed E-state index contributed by atoms with van der Waals surface area (Å²) in [5, 5.41) is 6.66. The summed E-state index contributed by atoms with van der Waals surface area (Å²) in [5.41, 5.74) is 2.21. The van der Waals surface area contributed by atoms with Gasteiger partial charge in [0.1, 0.15) is 5.75 Å². The molecule has 1 aliphatic rings. The summed E-state index contributed by atoms with van der Waals surface area (Å²) in [7, 11) is 1.55. The predicted octanol–water partition coefficient (Wildman–Crippen LogP) is 3.73. The molecule has 1 fully saturated rings. The minimum atomic E-state index is -0.394. The van der Waals surface area contributed by atoms with Gasteiger partial charge >= 0.3 is 0 Å². The normalized spacial score (nSPS) is 13.6. The van der Waals surface area contributed by atoms with Crippen molar-refractivity contribution in [2.75, 3.05) is 23.9 Å². The molecule has 142 valence electrons. The first-order chi connectivity index (χ1) is 13.7. The zero-order valence-corrected chi connectivity index (χ0v) is 15.3. The minimum absolute atomic E-state index is 0.0470. The number of nitrogens with zero attached hydrogens (tertiary/aromatic N) is 2. The highest BCUT2D eigenvalue weighted by Crippen LogP contribution is 2.34. The van der Waals surface area contributed by atoms with E-state index in [-0.39, 0.29) is 11.6 Å². The fourth-order valence-corrected chi connectivity index (χ4v) is 3.20. The van der Waals surface area contributed by atoms with Gasteiger partial charge in [-0.1, -0.05) is 35.5 Å². The van der Waals surface area contributed by atoms with Crippen molar-refractivity contribution in [2.45, 2.75) is 12.8 Å². The number of carbonyl (C=O) groups excluding carboxylic acids is 2. The van der Waals surface area contributed by atoms with E-state index in [1.54, 1.807) is 36.3 Å². The van der Waals surface area contributed by atoms with Crippen LogP contribution < -0.4 is 15.0 Å². The van der Waals surface area contributed by atoms with Crippen LogP contribution in [0.1, 0.15) is 23.3 Å². The number of hydrogen-bond donors (Lipinski definition) is 1. The van der Waals surface area contributed by atoms with Crippen LogP contribution in [-0.2, 0) is 4.79 Å². The van der Waals surface area contributed by atoms with Crippen molar-refractivity contribution < 1.29 is 18.8 Å². The van der Waals surface area contributed by atoms with E-state index < -0.39 is 5.91 Å². The van der Waals surface area contributed by atoms with Crippen LogP contribution in [0, 0.1) is 0 Å². The molecule has 0 saturated carbocycles. The Kier molecular flexibility index (Phi) is 4.80. The molecule has 28 heavy (non-hydrogen) atoms. The fraction of sp³-hybridized carbons (Fsp3) is 0.190. The maximum atomic E-state index is 12.6. The number of benzene rings is 2. The van der Waals surface area contributed by atoms with Crippen LogP contribution in [0.2, 0.25) is 0 Å². The summed E-state index contributed by atoms with van der Waals surface area (Å²) < 4.78 is 10.7. The molecule has 0 atom stereocenters. The van der Waals surface area contributed by atoms with Crippen LogP contribution in [-0.4, -0.2) is 30.6 Å². The Morgan fingerprint density at radius 2 is 2.00 bits per heavy atom. The summed E-state index contributed by atoms with van der Waals surface area (Å²) in [4.78, 5) is 26.3. The van der Waals surface area contributed by atoms with Gasteiger partial charge in [-0.2, -0.15) is 0 Å². The number of nitrogens with one attached hydrogen (secondary N) is 1. The highest BCUT2D eigenvalue weighted by molar-refractivity contribution is 6.04. The first-order valence-electron chi connectivity index (χ1n) is 8.97. The Morgan fingerprint density at radius 1 is 1.18 bits per heavy atom. The van der Waals surface area contributed by atoms with Gasteiger partial charge in [-0.3, -0.25) is 9.59 Å². The van der Waals surface area contributed by atoms with Crippen molar-refractivity contribution in [2.24, 2.45) is 0 Å². The Bertz CT molecular complexity index is 1010. The van der Waals surface area contributed by atoms with Crippen LogP contribution in [0.15, 0.2) is 59.1 Å². The summed E-state index contributed by atoms with van der Waals surface area (Å²) in [6.07, 6.45) is 1.32. The molecule has 2 amide bonds. The molecule has 7 nitrogen and oxygen atoms in total. The molecule has 0 radical (unpaired) electrons. The average Bonchev–Trinajstić information content (AvgIpc) is 3.38. The molecule has 0 aliphatic carbocycles. The highest BCUT2D eigenvalue weighted by atomic mass is 16.5. The van der Waals surface area contributed by atoms with E-state index in [0.717, 1.165) is 12.0 Å². The van der Waals surface area contributed by atoms with Crippen LogP contribution in [0.5, 0.6) is 5.75 Å². The maximum Gasteiger partial charge on any atom is 0.277 e. The average molecular weight is 377 g/mol. The second-order valence-electron chi connectivity index (χ2n) is 6.43. The number of anilines is 2. The summed E-state index contributed by atoms with van der Waals surface area (Å²) in [6.45, 7) is 0.635. The van der Waals surface area contributed by atoms with E-state index in [0.29, 0.717) is 35.9 Å². The number of rotatable bonds is 5. The Morgan fingerprint density at radius 3 is 2.71 bits per heavy atom. The van der Waals surface area contributed by atoms with Crippen molar-refractivity contribution in [3.8, 4) is 17.1 Å². The number of hydrogen-bond acceptors (Lipinski definition) is 5. The topological polar surface area (TPSA) is 84.7 Å². The zero-order valence-electron chi connectivity index (χ0n) is 15.3. The van der Waals surface area contributed by atoms with Gasteiger partial charge in [0.05, 0.1) is 12.8 Å². The molecule has 7 heteroatoms. The standard InChI is InChI=1S/C21H19N3O4/c1-27-18-10-9-15(12-17(18)24-11-5-8-20(24)25)22-21(26)16-13-19(28-23-16)14-6-3-2-4-7-14/h2-4,6-7,9-10,12-13H,5,8,11H2,1H3,(H,22,26). The molecule has 4 rings (SSSR count). The van der Waals surface area contributed by atoms with Gasteiger partial charge in [0, 0.05) is 30.3 Å². The Hall–Kier alpha value is -3.61. The van der Waals surface area contributed by atoms with E-state index in [1.807, 2.05) is 30.3 Å². The third-order valence-electron chi connectivity index (χ3n) is 4.60. The van der Waals surface area contributed by atoms with E-state index in [4.69, 9.17) is 9.26 Å². The second kappa shape index (κ2) is 7.56. The summed E-state index contributed by atoms with van der Waals surface area (Å²) in [6, 6.07) is 16.2. The number of methoxy groups -OCH3 is 1. The molecule has 1 aromatic heterocycles. The van der Waals surface area contributed by atoms with Crippen molar-refractivity contribution in [3.05, 3.63) is 60.3 Å². The van der Waals surface area contributed by atoms with Crippen molar-refractivity contribution in [1.82, 2.24) is 5.16 Å². The zero-order chi connectivity index (χ0) is 19.5. The van der Waals surface area contributed by atoms with Crippen LogP contribution in [0.3, 0.4) is 0 Å². The predicted molar refractivity (Wildman–Crippen MR) is 104 cm³/mol. The lowest BCUT2D eigenvalue weighted by Crippen LogP contribution is -2.24. The SMILES string of the molecule is COc1ccc(NC(=O)c2cc(-c3ccccc3)on2)cc1N1CCCC1=O. The van der Waals surface area contributed by atoms with Gasteiger partial charge in [0.25, 0.3) is 5.91 Å². The van der Waals surface area contributed by atoms with Gasteiger partial charge in [-0.25, -0.2) is 0 Å². The molecule has 1 saturated heterocycles. The van der Waals surface area contributed by atoms with Gasteiger partial charge in [0.15, 0.2) is 11.5 Å². The van der Waals surface area contributed by atoms with Crippen molar-refractivity contribution in [1.29, 1.82) is 0 Å². The molecule has 0 spiro atoms. The maximum absolute atomic E-state index is 12.6. The van der Waals surface area contributed by atoms with Gasteiger partial charge < -0.3 is 19.5 Å². The van der Waals surface area contributed by atoms with Crippen LogP contribution >= 0.6 is 0 Å². The molecule has 2 aromatic carbocycles. The number of amides is 2. The third-order valence-corrected chi connectivity index (χ3v) is 4.60. The summed E-state index contributed by atoms with van der Waals surface area (Å²) in [5.74, 6) is 0.755.